The first-order valence-corrected chi connectivity index (χ1v) is 16.5. The Morgan fingerprint density at radius 3 is 2.45 bits per heavy atom. The molecule has 3 N–H and O–H groups in total. The van der Waals surface area contributed by atoms with Crippen molar-refractivity contribution in [3.05, 3.63) is 12.7 Å². The van der Waals surface area contributed by atoms with Crippen LogP contribution in [0.15, 0.2) is 12.7 Å². The summed E-state index contributed by atoms with van der Waals surface area (Å²) >= 11 is 1.60. The lowest BCUT2D eigenvalue weighted by atomic mass is 9.44. The maximum Gasteiger partial charge on any atom is 0.316 e. The number of hydrogen-bond donors (Lipinski definition) is 2. The van der Waals surface area contributed by atoms with E-state index in [1.54, 1.807) is 11.8 Å². The number of likely N-dealkylation sites (tertiary alicyclic amines) is 1. The Balaban J connectivity index is 1.48. The minimum absolute atomic E-state index is 0.0105. The molecule has 1 amide bonds. The lowest BCUT2D eigenvalue weighted by molar-refractivity contribution is -0.205. The van der Waals surface area contributed by atoms with E-state index in [1.165, 1.54) is 0 Å². The quantitative estimate of drug-likeness (QED) is 0.337. The number of ketones is 1. The minimum atomic E-state index is -0.663. The fourth-order valence-electron chi connectivity index (χ4n) is 8.62. The molecule has 40 heavy (non-hydrogen) atoms. The largest absolute Gasteiger partial charge is 0.461 e. The molecule has 226 valence electrons. The summed E-state index contributed by atoms with van der Waals surface area (Å²) in [5.74, 6) is 0.312. The number of esters is 1. The van der Waals surface area contributed by atoms with Crippen LogP contribution in [0.5, 0.6) is 0 Å². The lowest BCUT2D eigenvalue weighted by Gasteiger charge is -2.61. The molecule has 8 heteroatoms. The number of Topliss-reactive ketones (excluding diaryl/α,β-unsaturated/α-hetero) is 1. The van der Waals surface area contributed by atoms with Gasteiger partial charge < -0.3 is 20.5 Å². The Bertz CT molecular complexity index is 996. The molecule has 3 aliphatic carbocycles. The Hall–Kier alpha value is -1.38. The maximum atomic E-state index is 13.6. The van der Waals surface area contributed by atoms with Crippen LogP contribution < -0.4 is 5.73 Å². The van der Waals surface area contributed by atoms with Crippen LogP contribution in [0.1, 0.15) is 86.5 Å². The Labute approximate surface area is 245 Å². The monoisotopic (exact) mass is 576 g/mol. The third-order valence-corrected chi connectivity index (χ3v) is 13.1. The molecule has 0 spiro atoms. The highest BCUT2D eigenvalue weighted by Crippen LogP contribution is 2.68. The molecule has 4 aliphatic rings. The maximum absolute atomic E-state index is 13.6. The van der Waals surface area contributed by atoms with E-state index in [1.807, 2.05) is 31.7 Å². The Kier molecular flexibility index (Phi) is 9.24. The van der Waals surface area contributed by atoms with Gasteiger partial charge in [-0.2, -0.15) is 0 Å². The molecule has 0 radical (unpaired) electrons. The molecule has 4 rings (SSSR count). The van der Waals surface area contributed by atoms with Gasteiger partial charge in [-0.05, 0) is 61.7 Å². The minimum Gasteiger partial charge on any atom is -0.461 e. The molecule has 2 bridgehead atoms. The van der Waals surface area contributed by atoms with Gasteiger partial charge in [0.15, 0.2) is 0 Å². The van der Waals surface area contributed by atoms with Gasteiger partial charge in [0.05, 0.1) is 17.9 Å². The topological polar surface area (TPSA) is 110 Å². The number of carbonyl (C=O) groups is 3. The lowest BCUT2D eigenvalue weighted by Crippen LogP contribution is -2.63. The molecule has 5 unspecified atom stereocenters. The van der Waals surface area contributed by atoms with Gasteiger partial charge in [0.25, 0.3) is 0 Å². The second-order valence-corrected chi connectivity index (χ2v) is 15.5. The highest BCUT2D eigenvalue weighted by Gasteiger charge is 2.68. The van der Waals surface area contributed by atoms with Crippen molar-refractivity contribution in [2.75, 3.05) is 18.8 Å². The SMILES string of the molecule is C=C[C@]1(C)C[C@@H](OC(=O)CSC2CCN(C(=O)C(N)C(C)C)CC2)[C@]2(C)C(C)CCC3(CCC(=O)C32)[C@@H](C)C1O. The van der Waals surface area contributed by atoms with Gasteiger partial charge in [-0.25, -0.2) is 0 Å². The fraction of sp³-hybridized carbons (Fsp3) is 0.844. The summed E-state index contributed by atoms with van der Waals surface area (Å²) in [7, 11) is 0. The third-order valence-electron chi connectivity index (χ3n) is 11.8. The van der Waals surface area contributed by atoms with E-state index in [0.717, 1.165) is 32.1 Å². The number of aliphatic hydroxyl groups excluding tert-OH is 1. The Morgan fingerprint density at radius 1 is 1.20 bits per heavy atom. The number of piperidine rings is 1. The van der Waals surface area contributed by atoms with Crippen LogP contribution in [-0.4, -0.2) is 70.0 Å². The normalized spacial score (nSPS) is 41.2. The molecule has 3 saturated carbocycles. The van der Waals surface area contributed by atoms with Gasteiger partial charge >= 0.3 is 5.97 Å². The number of nitrogens with two attached hydrogens (primary N) is 1. The van der Waals surface area contributed by atoms with Gasteiger partial charge in [0, 0.05) is 41.5 Å². The zero-order chi connectivity index (χ0) is 29.6. The molecule has 4 fully saturated rings. The van der Waals surface area contributed by atoms with E-state index in [4.69, 9.17) is 10.5 Å². The van der Waals surface area contributed by atoms with Crippen molar-refractivity contribution >= 4 is 29.4 Å². The summed E-state index contributed by atoms with van der Waals surface area (Å²) < 4.78 is 6.38. The summed E-state index contributed by atoms with van der Waals surface area (Å²) in [4.78, 5) is 41.4. The molecular formula is C32H52N2O5S. The van der Waals surface area contributed by atoms with Crippen molar-refractivity contribution in [2.24, 2.45) is 45.7 Å². The molecule has 1 aliphatic heterocycles. The number of nitrogens with zero attached hydrogens (tertiary/aromatic N) is 1. The van der Waals surface area contributed by atoms with Gasteiger partial charge in [-0.15, -0.1) is 18.3 Å². The van der Waals surface area contributed by atoms with Crippen molar-refractivity contribution in [1.82, 2.24) is 4.90 Å². The van der Waals surface area contributed by atoms with Crippen molar-refractivity contribution in [3.63, 3.8) is 0 Å². The zero-order valence-electron chi connectivity index (χ0n) is 25.5. The molecule has 0 aromatic rings. The van der Waals surface area contributed by atoms with Crippen molar-refractivity contribution in [1.29, 1.82) is 0 Å². The number of rotatable bonds is 7. The van der Waals surface area contributed by atoms with Crippen molar-refractivity contribution < 1.29 is 24.2 Å². The van der Waals surface area contributed by atoms with Crippen LogP contribution in [0.4, 0.5) is 0 Å². The summed E-state index contributed by atoms with van der Waals surface area (Å²) in [6.45, 7) is 17.8. The van der Waals surface area contributed by atoms with Crippen LogP contribution in [0.2, 0.25) is 0 Å². The van der Waals surface area contributed by atoms with E-state index in [9.17, 15) is 19.5 Å². The van der Waals surface area contributed by atoms with E-state index >= 15 is 0 Å². The van der Waals surface area contributed by atoms with E-state index < -0.39 is 29.1 Å². The summed E-state index contributed by atoms with van der Waals surface area (Å²) in [6.07, 6.45) is 6.01. The van der Waals surface area contributed by atoms with Gasteiger partial charge in [0.2, 0.25) is 5.91 Å². The fourth-order valence-corrected chi connectivity index (χ4v) is 9.60. The van der Waals surface area contributed by atoms with Crippen LogP contribution >= 0.6 is 11.8 Å². The number of ether oxygens (including phenoxy) is 1. The Morgan fingerprint density at radius 2 is 1.85 bits per heavy atom. The van der Waals surface area contributed by atoms with Crippen LogP contribution in [0.3, 0.4) is 0 Å². The molecule has 0 aromatic heterocycles. The van der Waals surface area contributed by atoms with E-state index in [-0.39, 0.29) is 57.7 Å². The van der Waals surface area contributed by atoms with Crippen LogP contribution in [0, 0.1) is 39.9 Å². The summed E-state index contributed by atoms with van der Waals surface area (Å²) in [5.41, 5.74) is 4.68. The zero-order valence-corrected chi connectivity index (χ0v) is 26.3. The molecule has 9 atom stereocenters. The first kappa shape index (κ1) is 31.6. The van der Waals surface area contributed by atoms with Gasteiger partial charge in [-0.1, -0.05) is 47.6 Å². The molecule has 7 nitrogen and oxygen atoms in total. The first-order chi connectivity index (χ1) is 18.7. The predicted molar refractivity (Wildman–Crippen MR) is 160 cm³/mol. The number of carbonyl (C=O) groups excluding carboxylic acids is 3. The number of hydrogen-bond acceptors (Lipinski definition) is 7. The third kappa shape index (κ3) is 5.30. The highest BCUT2D eigenvalue weighted by atomic mass is 32.2. The molecule has 0 aromatic carbocycles. The van der Waals surface area contributed by atoms with Crippen LogP contribution in [-0.2, 0) is 19.1 Å². The van der Waals surface area contributed by atoms with Crippen molar-refractivity contribution in [2.45, 2.75) is 110 Å². The van der Waals surface area contributed by atoms with Gasteiger partial charge in [0.1, 0.15) is 11.9 Å². The highest BCUT2D eigenvalue weighted by molar-refractivity contribution is 8.00. The summed E-state index contributed by atoms with van der Waals surface area (Å²) in [6, 6.07) is -0.472. The van der Waals surface area contributed by atoms with E-state index in [0.29, 0.717) is 25.9 Å². The molecule has 1 heterocycles. The van der Waals surface area contributed by atoms with Gasteiger partial charge in [-0.3, -0.25) is 14.4 Å². The standard InChI is InChI=1S/C32H52N2O5S/c1-8-30(6)17-24(31(7)20(4)9-13-32(21(5)28(30)37)14-10-23(35)27(31)32)39-25(36)18-40-22-11-15-34(16-12-22)29(38)26(33)19(2)3/h8,19-22,24,26-28,37H,1,9-18,33H2,2-7H3/t20?,21-,24+,26?,27?,28?,30+,31-,32?/m0/s1. The van der Waals surface area contributed by atoms with Crippen molar-refractivity contribution in [3.8, 4) is 0 Å². The molecule has 1 saturated heterocycles. The van der Waals surface area contributed by atoms with E-state index in [2.05, 4.69) is 27.4 Å². The number of thioether (sulfide) groups is 1. The second-order valence-electron chi connectivity index (χ2n) is 14.2. The average Bonchev–Trinajstić information content (AvgIpc) is 3.29. The van der Waals surface area contributed by atoms with Crippen LogP contribution in [0.25, 0.3) is 0 Å². The summed E-state index contributed by atoms with van der Waals surface area (Å²) in [5, 5.41) is 12.0. The number of amides is 1. The first-order valence-electron chi connectivity index (χ1n) is 15.4. The second kappa shape index (κ2) is 11.7. The number of aliphatic hydroxyl groups is 1. The molecular weight excluding hydrogens is 524 g/mol. The predicted octanol–water partition coefficient (Wildman–Crippen LogP) is 4.60. The smallest absolute Gasteiger partial charge is 0.316 e. The average molecular weight is 577 g/mol.